The van der Waals surface area contributed by atoms with Crippen LogP contribution >= 0.6 is 7.82 Å². The van der Waals surface area contributed by atoms with Crippen molar-refractivity contribution in [2.24, 2.45) is 0 Å². The number of para-hydroxylation sites is 3. The van der Waals surface area contributed by atoms with Crippen molar-refractivity contribution in [1.82, 2.24) is 0 Å². The molecule has 0 amide bonds. The lowest BCUT2D eigenvalue weighted by molar-refractivity contribution is 0.285. The van der Waals surface area contributed by atoms with E-state index in [1.54, 1.807) is 60.7 Å². The van der Waals surface area contributed by atoms with Crippen LogP contribution in [0.4, 0.5) is 0 Å². The quantitative estimate of drug-likeness (QED) is 0.619. The normalized spacial score (nSPS) is 10.9. The van der Waals surface area contributed by atoms with Crippen molar-refractivity contribution in [2.75, 3.05) is 0 Å². The zero-order valence-corrected chi connectivity index (χ0v) is 13.9. The van der Waals surface area contributed by atoms with Gasteiger partial charge in [0.1, 0.15) is 11.5 Å². The van der Waals surface area contributed by atoms with Gasteiger partial charge in [-0.05, 0) is 36.4 Å². The smallest absolute Gasteiger partial charge is 0.504 e. The van der Waals surface area contributed by atoms with E-state index in [0.717, 1.165) is 0 Å². The van der Waals surface area contributed by atoms with Gasteiger partial charge in [-0.3, -0.25) is 0 Å². The predicted molar refractivity (Wildman–Crippen MR) is 92.1 cm³/mol. The van der Waals surface area contributed by atoms with Crippen LogP contribution in [0.2, 0.25) is 0 Å². The standard InChI is InChI=1S/C18H15O6P/c19-16-12-7-13-17(20)18(16)24-25(21,22-14-8-3-1-4-9-14)23-15-10-5-2-6-11-15/h1-13,19-20H. The summed E-state index contributed by atoms with van der Waals surface area (Å²) >= 11 is 0. The van der Waals surface area contributed by atoms with E-state index in [-0.39, 0.29) is 11.5 Å². The lowest BCUT2D eigenvalue weighted by Crippen LogP contribution is -2.07. The Kier molecular flexibility index (Phi) is 4.82. The number of benzene rings is 3. The van der Waals surface area contributed by atoms with E-state index in [2.05, 4.69) is 0 Å². The molecule has 0 saturated carbocycles. The van der Waals surface area contributed by atoms with Gasteiger partial charge >= 0.3 is 7.82 Å². The Labute approximate surface area is 144 Å². The number of rotatable bonds is 6. The Morgan fingerprint density at radius 3 is 1.48 bits per heavy atom. The highest BCUT2D eigenvalue weighted by molar-refractivity contribution is 7.49. The maximum Gasteiger partial charge on any atom is 0.647 e. The molecule has 3 aromatic rings. The fraction of sp³-hybridized carbons (Fsp3) is 0. The Bertz CT molecular complexity index is 817. The van der Waals surface area contributed by atoms with E-state index in [4.69, 9.17) is 13.6 Å². The number of hydrogen-bond acceptors (Lipinski definition) is 6. The molecule has 0 fully saturated rings. The molecule has 128 valence electrons. The lowest BCUT2D eigenvalue weighted by Gasteiger charge is -2.20. The van der Waals surface area contributed by atoms with Gasteiger partial charge in [0.25, 0.3) is 0 Å². The highest BCUT2D eigenvalue weighted by Gasteiger charge is 2.35. The predicted octanol–water partition coefficient (Wildman–Crippen LogP) is 4.74. The molecule has 0 aliphatic heterocycles. The summed E-state index contributed by atoms with van der Waals surface area (Å²) in [5, 5.41) is 19.7. The molecule has 0 aliphatic rings. The van der Waals surface area contributed by atoms with Gasteiger partial charge in [0.05, 0.1) is 0 Å². The highest BCUT2D eigenvalue weighted by Crippen LogP contribution is 2.53. The van der Waals surface area contributed by atoms with E-state index in [1.807, 2.05) is 0 Å². The third kappa shape index (κ3) is 4.25. The van der Waals surface area contributed by atoms with Crippen LogP contribution in [0.1, 0.15) is 0 Å². The van der Waals surface area contributed by atoms with Crippen molar-refractivity contribution < 1.29 is 28.3 Å². The maximum absolute atomic E-state index is 13.1. The molecule has 0 spiro atoms. The fourth-order valence-electron chi connectivity index (χ4n) is 2.00. The van der Waals surface area contributed by atoms with Gasteiger partial charge in [0.15, 0.2) is 11.5 Å². The topological polar surface area (TPSA) is 85.2 Å². The molecule has 6 nitrogen and oxygen atoms in total. The largest absolute Gasteiger partial charge is 0.647 e. The number of aromatic hydroxyl groups is 2. The van der Waals surface area contributed by atoms with Crippen molar-refractivity contribution in [3.63, 3.8) is 0 Å². The minimum atomic E-state index is -4.26. The molecule has 0 saturated heterocycles. The van der Waals surface area contributed by atoms with Gasteiger partial charge in [0.2, 0.25) is 5.75 Å². The SMILES string of the molecule is O=P(Oc1ccccc1)(Oc1ccccc1)Oc1c(O)cccc1O. The molecule has 0 unspecified atom stereocenters. The molecule has 0 aliphatic carbocycles. The zero-order chi connectivity index (χ0) is 17.7. The van der Waals surface area contributed by atoms with Gasteiger partial charge in [-0.15, -0.1) is 0 Å². The first kappa shape index (κ1) is 16.7. The van der Waals surface area contributed by atoms with Crippen LogP contribution in [0.5, 0.6) is 28.7 Å². The minimum absolute atomic E-state index is 0.247. The second-order valence-corrected chi connectivity index (χ2v) is 6.41. The molecule has 0 heterocycles. The second-order valence-electron chi connectivity index (χ2n) is 4.97. The Morgan fingerprint density at radius 2 is 1.04 bits per heavy atom. The van der Waals surface area contributed by atoms with Gasteiger partial charge in [-0.1, -0.05) is 42.5 Å². The van der Waals surface area contributed by atoms with Crippen LogP contribution in [0.15, 0.2) is 78.9 Å². The number of phosphoric acid groups is 1. The van der Waals surface area contributed by atoms with Crippen molar-refractivity contribution in [3.05, 3.63) is 78.9 Å². The summed E-state index contributed by atoms with van der Waals surface area (Å²) in [6.45, 7) is 0. The van der Waals surface area contributed by atoms with Crippen LogP contribution in [0.3, 0.4) is 0 Å². The van der Waals surface area contributed by atoms with Crippen molar-refractivity contribution in [1.29, 1.82) is 0 Å². The van der Waals surface area contributed by atoms with Crippen LogP contribution < -0.4 is 13.6 Å². The van der Waals surface area contributed by atoms with Crippen molar-refractivity contribution in [3.8, 4) is 28.7 Å². The third-order valence-electron chi connectivity index (χ3n) is 3.10. The summed E-state index contributed by atoms with van der Waals surface area (Å²) in [5.74, 6) is -0.687. The van der Waals surface area contributed by atoms with Gasteiger partial charge in [-0.2, -0.15) is 4.57 Å². The summed E-state index contributed by atoms with van der Waals surface area (Å²) in [7, 11) is -4.26. The average molecular weight is 358 g/mol. The number of phenols is 2. The zero-order valence-electron chi connectivity index (χ0n) is 13.0. The number of hydrogen-bond donors (Lipinski definition) is 2. The van der Waals surface area contributed by atoms with Gasteiger partial charge < -0.3 is 23.8 Å². The van der Waals surface area contributed by atoms with E-state index >= 15 is 0 Å². The van der Waals surface area contributed by atoms with Crippen LogP contribution in [0.25, 0.3) is 0 Å². The molecule has 0 atom stereocenters. The van der Waals surface area contributed by atoms with Crippen LogP contribution in [-0.2, 0) is 4.57 Å². The molecule has 0 radical (unpaired) electrons. The molecule has 3 aromatic carbocycles. The molecule has 25 heavy (non-hydrogen) atoms. The summed E-state index contributed by atoms with van der Waals surface area (Å²) < 4.78 is 29.2. The lowest BCUT2D eigenvalue weighted by atomic mass is 10.3. The third-order valence-corrected chi connectivity index (χ3v) is 4.37. The van der Waals surface area contributed by atoms with E-state index in [1.165, 1.54) is 18.2 Å². The highest BCUT2D eigenvalue weighted by atomic mass is 31.2. The van der Waals surface area contributed by atoms with Crippen molar-refractivity contribution >= 4 is 7.82 Å². The summed E-state index contributed by atoms with van der Waals surface area (Å²) in [4.78, 5) is 0. The number of phosphoric ester groups is 1. The molecular weight excluding hydrogens is 343 g/mol. The minimum Gasteiger partial charge on any atom is -0.504 e. The fourth-order valence-corrected chi connectivity index (χ4v) is 3.28. The van der Waals surface area contributed by atoms with E-state index < -0.39 is 25.1 Å². The summed E-state index contributed by atoms with van der Waals surface area (Å²) in [5.41, 5.74) is 0. The Morgan fingerprint density at radius 1 is 0.600 bits per heavy atom. The van der Waals surface area contributed by atoms with Crippen LogP contribution in [0, 0.1) is 0 Å². The molecule has 3 rings (SSSR count). The monoisotopic (exact) mass is 358 g/mol. The molecule has 2 N–H and O–H groups in total. The Hall–Kier alpha value is -3.11. The number of phenolic OH excluding ortho intramolecular Hbond substituents is 2. The average Bonchev–Trinajstić information content (AvgIpc) is 2.60. The Balaban J connectivity index is 1.95. The van der Waals surface area contributed by atoms with E-state index in [0.29, 0.717) is 0 Å². The molecular formula is C18H15O6P. The first-order chi connectivity index (χ1) is 12.1. The molecule has 0 bridgehead atoms. The molecule has 0 aromatic heterocycles. The maximum atomic E-state index is 13.1. The second kappa shape index (κ2) is 7.20. The van der Waals surface area contributed by atoms with Crippen molar-refractivity contribution in [2.45, 2.75) is 0 Å². The summed E-state index contributed by atoms with van der Waals surface area (Å²) in [6.07, 6.45) is 0. The van der Waals surface area contributed by atoms with Gasteiger partial charge in [-0.25, -0.2) is 0 Å². The summed E-state index contributed by atoms with van der Waals surface area (Å²) in [6, 6.07) is 20.6. The molecule has 7 heteroatoms. The first-order valence-corrected chi connectivity index (χ1v) is 8.82. The van der Waals surface area contributed by atoms with Crippen LogP contribution in [-0.4, -0.2) is 10.2 Å². The van der Waals surface area contributed by atoms with E-state index in [9.17, 15) is 14.8 Å². The van der Waals surface area contributed by atoms with Gasteiger partial charge in [0, 0.05) is 0 Å². The first-order valence-electron chi connectivity index (χ1n) is 7.36.